The van der Waals surface area contributed by atoms with E-state index in [0.29, 0.717) is 0 Å². The van der Waals surface area contributed by atoms with E-state index in [4.69, 9.17) is 11.6 Å². The highest BCUT2D eigenvalue weighted by Crippen LogP contribution is 2.30. The number of aromatic nitrogens is 1. The number of hydrogen-bond donors (Lipinski definition) is 0. The molecule has 14 heavy (non-hydrogen) atoms. The number of nitrogens with zero attached hydrogens (tertiary/aromatic N) is 1. The zero-order chi connectivity index (χ0) is 10.3. The van der Waals surface area contributed by atoms with Gasteiger partial charge in [-0.25, -0.2) is 0 Å². The van der Waals surface area contributed by atoms with E-state index in [9.17, 15) is 0 Å². The SMILES string of the molecule is CCn1c(Cl)c(C)c2cccc(C)c21. The minimum atomic E-state index is 0.872. The summed E-state index contributed by atoms with van der Waals surface area (Å²) in [6.45, 7) is 7.26. The molecule has 0 aliphatic carbocycles. The zero-order valence-corrected chi connectivity index (χ0v) is 9.52. The number of rotatable bonds is 1. The monoisotopic (exact) mass is 207 g/mol. The molecule has 1 nitrogen and oxygen atoms in total. The van der Waals surface area contributed by atoms with Gasteiger partial charge >= 0.3 is 0 Å². The molecule has 1 aromatic heterocycles. The Balaban J connectivity index is 2.96. The second-order valence-corrected chi connectivity index (χ2v) is 3.99. The normalized spacial score (nSPS) is 11.1. The Labute approximate surface area is 89.3 Å². The lowest BCUT2D eigenvalue weighted by Crippen LogP contribution is -1.94. The first-order valence-electron chi connectivity index (χ1n) is 4.90. The highest BCUT2D eigenvalue weighted by Gasteiger charge is 2.11. The third-order valence-corrected chi connectivity index (χ3v) is 3.26. The van der Waals surface area contributed by atoms with Crippen LogP contribution in [-0.2, 0) is 6.54 Å². The number of halogens is 1. The van der Waals surface area contributed by atoms with Crippen molar-refractivity contribution in [3.05, 3.63) is 34.5 Å². The molecule has 0 aliphatic heterocycles. The van der Waals surface area contributed by atoms with Gasteiger partial charge in [-0.2, -0.15) is 0 Å². The fraction of sp³-hybridized carbons (Fsp3) is 0.333. The maximum atomic E-state index is 6.27. The molecule has 0 saturated carbocycles. The molecular formula is C12H14ClN. The van der Waals surface area contributed by atoms with Crippen molar-refractivity contribution in [1.82, 2.24) is 4.57 Å². The Morgan fingerprint density at radius 1 is 1.29 bits per heavy atom. The van der Waals surface area contributed by atoms with Crippen LogP contribution in [0.1, 0.15) is 18.1 Å². The van der Waals surface area contributed by atoms with Crippen LogP contribution in [0.15, 0.2) is 18.2 Å². The van der Waals surface area contributed by atoms with Crippen molar-refractivity contribution < 1.29 is 0 Å². The van der Waals surface area contributed by atoms with Crippen LogP contribution < -0.4 is 0 Å². The molecule has 74 valence electrons. The fourth-order valence-electron chi connectivity index (χ4n) is 2.03. The van der Waals surface area contributed by atoms with E-state index in [1.807, 2.05) is 0 Å². The summed E-state index contributed by atoms with van der Waals surface area (Å²) >= 11 is 6.27. The van der Waals surface area contributed by atoms with Gasteiger partial charge in [-0.05, 0) is 31.9 Å². The van der Waals surface area contributed by atoms with Gasteiger partial charge in [-0.1, -0.05) is 29.8 Å². The van der Waals surface area contributed by atoms with Gasteiger partial charge in [0, 0.05) is 11.9 Å². The van der Waals surface area contributed by atoms with E-state index in [1.54, 1.807) is 0 Å². The van der Waals surface area contributed by atoms with Crippen LogP contribution in [0.4, 0.5) is 0 Å². The molecule has 0 unspecified atom stereocenters. The molecule has 0 aliphatic rings. The second kappa shape index (κ2) is 3.32. The average Bonchev–Trinajstić information content (AvgIpc) is 2.43. The van der Waals surface area contributed by atoms with E-state index < -0.39 is 0 Å². The Hall–Kier alpha value is -0.950. The summed E-state index contributed by atoms with van der Waals surface area (Å²) < 4.78 is 2.17. The smallest absolute Gasteiger partial charge is 0.112 e. The molecule has 0 atom stereocenters. The van der Waals surface area contributed by atoms with Crippen LogP contribution in [0.5, 0.6) is 0 Å². The summed E-state index contributed by atoms with van der Waals surface area (Å²) in [4.78, 5) is 0. The van der Waals surface area contributed by atoms with Crippen molar-refractivity contribution in [3.63, 3.8) is 0 Å². The number of aryl methyl sites for hydroxylation is 3. The van der Waals surface area contributed by atoms with Crippen molar-refractivity contribution in [2.24, 2.45) is 0 Å². The number of fused-ring (bicyclic) bond motifs is 1. The third-order valence-electron chi connectivity index (χ3n) is 2.77. The first-order chi connectivity index (χ1) is 6.66. The molecule has 2 aromatic rings. The summed E-state index contributed by atoms with van der Waals surface area (Å²) in [7, 11) is 0. The van der Waals surface area contributed by atoms with Crippen molar-refractivity contribution in [2.45, 2.75) is 27.3 Å². The van der Waals surface area contributed by atoms with Gasteiger partial charge in [0.05, 0.1) is 5.52 Å². The first kappa shape index (κ1) is 9.60. The predicted octanol–water partition coefficient (Wildman–Crippen LogP) is 3.93. The van der Waals surface area contributed by atoms with Gasteiger partial charge < -0.3 is 4.57 Å². The summed E-state index contributed by atoms with van der Waals surface area (Å²) in [6.07, 6.45) is 0. The second-order valence-electron chi connectivity index (χ2n) is 3.63. The van der Waals surface area contributed by atoms with Gasteiger partial charge in [0.15, 0.2) is 0 Å². The van der Waals surface area contributed by atoms with Gasteiger partial charge in [-0.3, -0.25) is 0 Å². The Bertz CT molecular complexity index is 483. The predicted molar refractivity (Wildman–Crippen MR) is 62.1 cm³/mol. The van der Waals surface area contributed by atoms with Crippen molar-refractivity contribution in [1.29, 1.82) is 0 Å². The third kappa shape index (κ3) is 1.16. The molecule has 0 radical (unpaired) electrons. The molecular weight excluding hydrogens is 194 g/mol. The van der Waals surface area contributed by atoms with Gasteiger partial charge in [-0.15, -0.1) is 0 Å². The molecule has 0 fully saturated rings. The van der Waals surface area contributed by atoms with Crippen LogP contribution in [-0.4, -0.2) is 4.57 Å². The topological polar surface area (TPSA) is 4.93 Å². The van der Waals surface area contributed by atoms with E-state index >= 15 is 0 Å². The van der Waals surface area contributed by atoms with Gasteiger partial charge in [0.2, 0.25) is 0 Å². The van der Waals surface area contributed by atoms with Crippen molar-refractivity contribution >= 4 is 22.5 Å². The molecule has 1 aromatic carbocycles. The van der Waals surface area contributed by atoms with Crippen LogP contribution in [0, 0.1) is 13.8 Å². The van der Waals surface area contributed by atoms with Gasteiger partial charge in [0.25, 0.3) is 0 Å². The fourth-order valence-corrected chi connectivity index (χ4v) is 2.33. The number of benzene rings is 1. The van der Waals surface area contributed by atoms with Crippen molar-refractivity contribution in [2.75, 3.05) is 0 Å². The summed E-state index contributed by atoms with van der Waals surface area (Å²) in [5, 5.41) is 2.15. The lowest BCUT2D eigenvalue weighted by atomic mass is 10.1. The van der Waals surface area contributed by atoms with Crippen LogP contribution >= 0.6 is 11.6 Å². The van der Waals surface area contributed by atoms with E-state index in [2.05, 4.69) is 43.5 Å². The van der Waals surface area contributed by atoms with Crippen LogP contribution in [0.3, 0.4) is 0 Å². The lowest BCUT2D eigenvalue weighted by molar-refractivity contribution is 0.794. The van der Waals surface area contributed by atoms with Crippen LogP contribution in [0.25, 0.3) is 10.9 Å². The Morgan fingerprint density at radius 2 is 2.00 bits per heavy atom. The molecule has 0 amide bonds. The largest absolute Gasteiger partial charge is 0.331 e. The standard InChI is InChI=1S/C12H14ClN/c1-4-14-11-8(2)6-5-7-10(11)9(3)12(14)13/h5-7H,4H2,1-3H3. The maximum Gasteiger partial charge on any atom is 0.112 e. The molecule has 2 heteroatoms. The average molecular weight is 208 g/mol. The minimum Gasteiger partial charge on any atom is -0.331 e. The number of para-hydroxylation sites is 1. The first-order valence-corrected chi connectivity index (χ1v) is 5.28. The van der Waals surface area contributed by atoms with Gasteiger partial charge in [0.1, 0.15) is 5.15 Å². The minimum absolute atomic E-state index is 0.872. The molecule has 0 spiro atoms. The molecule has 2 rings (SSSR count). The highest BCUT2D eigenvalue weighted by molar-refractivity contribution is 6.32. The van der Waals surface area contributed by atoms with Crippen molar-refractivity contribution in [3.8, 4) is 0 Å². The van der Waals surface area contributed by atoms with Crippen LogP contribution in [0.2, 0.25) is 5.15 Å². The Kier molecular flexibility index (Phi) is 2.28. The molecule has 0 saturated heterocycles. The molecule has 1 heterocycles. The van der Waals surface area contributed by atoms with E-state index in [1.165, 1.54) is 22.0 Å². The summed E-state index contributed by atoms with van der Waals surface area (Å²) in [5.41, 5.74) is 3.75. The Morgan fingerprint density at radius 3 is 2.64 bits per heavy atom. The van der Waals surface area contributed by atoms with E-state index in [-0.39, 0.29) is 0 Å². The lowest BCUT2D eigenvalue weighted by Gasteiger charge is -2.04. The zero-order valence-electron chi connectivity index (χ0n) is 8.76. The molecule has 0 N–H and O–H groups in total. The summed E-state index contributed by atoms with van der Waals surface area (Å²) in [6, 6.07) is 6.35. The quantitative estimate of drug-likeness (QED) is 0.668. The molecule has 0 bridgehead atoms. The summed E-state index contributed by atoms with van der Waals surface area (Å²) in [5.74, 6) is 0. The highest BCUT2D eigenvalue weighted by atomic mass is 35.5. The maximum absolute atomic E-state index is 6.27. The number of hydrogen-bond acceptors (Lipinski definition) is 0. The van der Waals surface area contributed by atoms with E-state index in [0.717, 1.165) is 11.7 Å².